The summed E-state index contributed by atoms with van der Waals surface area (Å²) in [6.07, 6.45) is 2.68. The molecule has 0 saturated heterocycles. The van der Waals surface area contributed by atoms with Crippen LogP contribution in [0.15, 0.2) is 29.3 Å². The average Bonchev–Trinajstić information content (AvgIpc) is 2.34. The Morgan fingerprint density at radius 2 is 2.38 bits per heavy atom. The van der Waals surface area contributed by atoms with E-state index in [9.17, 15) is 0 Å². The zero-order chi connectivity index (χ0) is 11.8. The molecule has 0 bridgehead atoms. The van der Waals surface area contributed by atoms with Gasteiger partial charge in [-0.3, -0.25) is 0 Å². The van der Waals surface area contributed by atoms with Crippen molar-refractivity contribution in [3.8, 4) is 5.75 Å². The van der Waals surface area contributed by atoms with E-state index in [1.165, 1.54) is 0 Å². The van der Waals surface area contributed by atoms with Crippen molar-refractivity contribution in [2.75, 3.05) is 7.11 Å². The van der Waals surface area contributed by atoms with Gasteiger partial charge >= 0.3 is 0 Å². The Balaban J connectivity index is 2.47. The van der Waals surface area contributed by atoms with Crippen molar-refractivity contribution in [1.82, 2.24) is 5.32 Å². The number of aliphatic imine (C=N–C) groups is 1. The number of ether oxygens (including phenoxy) is 1. The monoisotopic (exact) mass is 236 g/mol. The first-order chi connectivity index (χ1) is 7.76. The van der Waals surface area contributed by atoms with Crippen molar-refractivity contribution in [3.63, 3.8) is 0 Å². The summed E-state index contributed by atoms with van der Waals surface area (Å²) in [5.74, 6) is 0.849. The Morgan fingerprint density at radius 3 is 3.06 bits per heavy atom. The number of rotatable bonds is 4. The third-order valence-electron chi connectivity index (χ3n) is 1.97. The number of nitrogens with zero attached hydrogens (tertiary/aromatic N) is 1. The molecule has 1 aromatic carbocycles. The maximum Gasteiger partial charge on any atom is 0.192 e. The highest BCUT2D eigenvalue weighted by Gasteiger charge is 1.96. The van der Waals surface area contributed by atoms with Crippen LogP contribution in [0, 0.1) is 0 Å². The lowest BCUT2D eigenvalue weighted by atomic mass is 10.2. The first-order valence-electron chi connectivity index (χ1n) is 5.19. The van der Waals surface area contributed by atoms with Crippen LogP contribution in [-0.4, -0.2) is 18.4 Å². The van der Waals surface area contributed by atoms with Crippen LogP contribution in [0.1, 0.15) is 18.9 Å². The Labute approximate surface area is 102 Å². The normalized spacial score (nSPS) is 10.4. The topological polar surface area (TPSA) is 33.6 Å². The minimum absolute atomic E-state index is 0.518. The van der Waals surface area contributed by atoms with E-state index in [1.807, 2.05) is 31.2 Å². The summed E-state index contributed by atoms with van der Waals surface area (Å²) in [5, 5.41) is 3.58. The molecule has 1 rings (SSSR count). The Morgan fingerprint density at radius 1 is 1.56 bits per heavy atom. The van der Waals surface area contributed by atoms with E-state index in [1.54, 1.807) is 13.3 Å². The highest BCUT2D eigenvalue weighted by atomic mass is 32.1. The van der Waals surface area contributed by atoms with Crippen molar-refractivity contribution in [2.45, 2.75) is 19.9 Å². The minimum atomic E-state index is 0.518. The quantitative estimate of drug-likeness (QED) is 0.644. The molecule has 4 heteroatoms. The first kappa shape index (κ1) is 12.6. The molecule has 0 radical (unpaired) electrons. The highest BCUT2D eigenvalue weighted by molar-refractivity contribution is 7.80. The third-order valence-corrected chi connectivity index (χ3v) is 2.22. The second-order valence-electron chi connectivity index (χ2n) is 3.23. The van der Waals surface area contributed by atoms with E-state index in [-0.39, 0.29) is 0 Å². The van der Waals surface area contributed by atoms with Crippen LogP contribution in [0.3, 0.4) is 0 Å². The van der Waals surface area contributed by atoms with Gasteiger partial charge in [-0.25, -0.2) is 4.99 Å². The molecule has 0 amide bonds. The molecule has 0 spiro atoms. The number of thiocarbonyl (C=S) groups is 1. The molecule has 0 heterocycles. The Hall–Kier alpha value is -1.42. The summed E-state index contributed by atoms with van der Waals surface area (Å²) in [7, 11) is 1.66. The lowest BCUT2D eigenvalue weighted by Gasteiger charge is -2.05. The number of hydrogen-bond acceptors (Lipinski definition) is 2. The lowest BCUT2D eigenvalue weighted by Crippen LogP contribution is -2.18. The maximum atomic E-state index is 5.14. The number of hydrogen-bond donors (Lipinski definition) is 1. The summed E-state index contributed by atoms with van der Waals surface area (Å²) in [4.78, 5) is 4.06. The van der Waals surface area contributed by atoms with Crippen LogP contribution in [0.5, 0.6) is 5.75 Å². The van der Waals surface area contributed by atoms with E-state index in [0.29, 0.717) is 11.7 Å². The van der Waals surface area contributed by atoms with Crippen LogP contribution in [0.25, 0.3) is 0 Å². The van der Waals surface area contributed by atoms with Crippen molar-refractivity contribution in [3.05, 3.63) is 29.8 Å². The van der Waals surface area contributed by atoms with E-state index in [0.717, 1.165) is 17.7 Å². The van der Waals surface area contributed by atoms with Gasteiger partial charge in [-0.1, -0.05) is 19.1 Å². The van der Waals surface area contributed by atoms with E-state index in [2.05, 4.69) is 10.3 Å². The van der Waals surface area contributed by atoms with Gasteiger partial charge in [0, 0.05) is 12.8 Å². The molecular formula is C12H16N2OS. The molecule has 0 aromatic heterocycles. The van der Waals surface area contributed by atoms with Gasteiger partial charge in [0.2, 0.25) is 0 Å². The second kappa shape index (κ2) is 6.95. The van der Waals surface area contributed by atoms with Gasteiger partial charge in [0.05, 0.1) is 7.11 Å². The van der Waals surface area contributed by atoms with Crippen LogP contribution >= 0.6 is 12.2 Å². The van der Waals surface area contributed by atoms with E-state index >= 15 is 0 Å². The molecule has 1 aromatic rings. The SMILES string of the molecule is CCC=NC(=S)NCc1cccc(OC)c1. The minimum Gasteiger partial charge on any atom is -0.497 e. The van der Waals surface area contributed by atoms with Crippen LogP contribution in [0.2, 0.25) is 0 Å². The average molecular weight is 236 g/mol. The molecule has 3 nitrogen and oxygen atoms in total. The number of methoxy groups -OCH3 is 1. The second-order valence-corrected chi connectivity index (χ2v) is 3.62. The highest BCUT2D eigenvalue weighted by Crippen LogP contribution is 2.11. The van der Waals surface area contributed by atoms with Crippen molar-refractivity contribution in [1.29, 1.82) is 0 Å². The predicted octanol–water partition coefficient (Wildman–Crippen LogP) is 2.55. The van der Waals surface area contributed by atoms with E-state index < -0.39 is 0 Å². The van der Waals surface area contributed by atoms with Crippen LogP contribution in [-0.2, 0) is 6.54 Å². The van der Waals surface area contributed by atoms with Gasteiger partial charge in [-0.2, -0.15) is 0 Å². The van der Waals surface area contributed by atoms with Crippen molar-refractivity contribution in [2.24, 2.45) is 4.99 Å². The van der Waals surface area contributed by atoms with Gasteiger partial charge < -0.3 is 10.1 Å². The smallest absolute Gasteiger partial charge is 0.192 e. The zero-order valence-corrected chi connectivity index (χ0v) is 10.4. The van der Waals surface area contributed by atoms with Crippen LogP contribution in [0.4, 0.5) is 0 Å². The van der Waals surface area contributed by atoms with Gasteiger partial charge in [0.25, 0.3) is 0 Å². The molecule has 0 aliphatic rings. The van der Waals surface area contributed by atoms with Gasteiger partial charge in [0.1, 0.15) is 5.75 Å². The third kappa shape index (κ3) is 4.40. The first-order valence-corrected chi connectivity index (χ1v) is 5.60. The number of benzene rings is 1. The Kier molecular flexibility index (Phi) is 5.50. The van der Waals surface area contributed by atoms with Crippen molar-refractivity contribution >= 4 is 23.5 Å². The summed E-state index contributed by atoms with van der Waals surface area (Å²) in [6, 6.07) is 7.85. The number of nitrogens with one attached hydrogen (secondary N) is 1. The summed E-state index contributed by atoms with van der Waals surface area (Å²) in [5.41, 5.74) is 1.12. The van der Waals surface area contributed by atoms with Gasteiger partial charge in [-0.05, 0) is 36.3 Å². The molecule has 0 saturated carbocycles. The van der Waals surface area contributed by atoms with Gasteiger partial charge in [0.15, 0.2) is 5.11 Å². The fraction of sp³-hybridized carbons (Fsp3) is 0.333. The van der Waals surface area contributed by atoms with Gasteiger partial charge in [-0.15, -0.1) is 0 Å². The molecule has 1 N–H and O–H groups in total. The largest absolute Gasteiger partial charge is 0.497 e. The zero-order valence-electron chi connectivity index (χ0n) is 9.56. The summed E-state index contributed by atoms with van der Waals surface area (Å²) < 4.78 is 5.14. The fourth-order valence-electron chi connectivity index (χ4n) is 1.18. The van der Waals surface area contributed by atoms with Crippen molar-refractivity contribution < 1.29 is 4.74 Å². The lowest BCUT2D eigenvalue weighted by molar-refractivity contribution is 0.414. The molecule has 0 atom stereocenters. The molecule has 16 heavy (non-hydrogen) atoms. The fourth-order valence-corrected chi connectivity index (χ4v) is 1.33. The standard InChI is InChI=1S/C12H16N2OS/c1-3-7-13-12(16)14-9-10-5-4-6-11(8-10)15-2/h4-8H,3,9H2,1-2H3,(H,14,16). The molecule has 86 valence electrons. The molecule has 0 aliphatic carbocycles. The van der Waals surface area contributed by atoms with Crippen LogP contribution < -0.4 is 10.1 Å². The summed E-state index contributed by atoms with van der Waals surface area (Å²) >= 11 is 5.04. The Bertz CT molecular complexity index is 377. The molecule has 0 fully saturated rings. The molecular weight excluding hydrogens is 220 g/mol. The summed E-state index contributed by atoms with van der Waals surface area (Å²) in [6.45, 7) is 2.69. The predicted molar refractivity (Wildman–Crippen MR) is 71.2 cm³/mol. The molecule has 0 aliphatic heterocycles. The molecule has 0 unspecified atom stereocenters. The van der Waals surface area contributed by atoms with E-state index in [4.69, 9.17) is 17.0 Å². The maximum absolute atomic E-state index is 5.14.